The van der Waals surface area contributed by atoms with Crippen LogP contribution in [0.4, 0.5) is 0 Å². The lowest BCUT2D eigenvalue weighted by Gasteiger charge is -2.40. The first-order chi connectivity index (χ1) is 7.07. The molecule has 15 heavy (non-hydrogen) atoms. The smallest absolute Gasteiger partial charge is 0.0358 e. The van der Waals surface area contributed by atoms with Gasteiger partial charge in [0.25, 0.3) is 0 Å². The lowest BCUT2D eigenvalue weighted by Crippen LogP contribution is -2.32. The van der Waals surface area contributed by atoms with Crippen molar-refractivity contribution in [1.82, 2.24) is 0 Å². The molecule has 0 aliphatic heterocycles. The normalized spacial score (nSPS) is 34.4. The van der Waals surface area contributed by atoms with E-state index in [4.69, 9.17) is 0 Å². The third-order valence-electron chi connectivity index (χ3n) is 4.92. The van der Waals surface area contributed by atoms with Crippen molar-refractivity contribution >= 4 is 0 Å². The molecule has 0 aromatic rings. The maximum atomic E-state index is 2.52. The van der Waals surface area contributed by atoms with Gasteiger partial charge in [0, 0.05) is 0 Å². The van der Waals surface area contributed by atoms with E-state index in [1.165, 1.54) is 32.1 Å². The second-order valence-electron chi connectivity index (χ2n) is 6.11. The van der Waals surface area contributed by atoms with Gasteiger partial charge in [-0.25, -0.2) is 0 Å². The zero-order chi connectivity index (χ0) is 11.4. The molecule has 0 heteroatoms. The lowest BCUT2D eigenvalue weighted by molar-refractivity contribution is 0.0931. The Hall–Kier alpha value is 0. The lowest BCUT2D eigenvalue weighted by atomic mass is 9.65. The molecule has 4 atom stereocenters. The van der Waals surface area contributed by atoms with Crippen molar-refractivity contribution in [2.45, 2.75) is 66.7 Å². The van der Waals surface area contributed by atoms with E-state index in [0.717, 1.165) is 29.6 Å². The maximum absolute atomic E-state index is 2.52. The molecule has 0 spiro atoms. The standard InChI is InChI=1S/C15H30/c1-6-8-14-9-7-10-15(13(14)5)12(4)11(2)3/h11-15H,6-10H2,1-5H3. The Morgan fingerprint density at radius 3 is 2.33 bits per heavy atom. The van der Waals surface area contributed by atoms with Crippen molar-refractivity contribution in [2.24, 2.45) is 29.6 Å². The summed E-state index contributed by atoms with van der Waals surface area (Å²) < 4.78 is 0. The first-order valence-corrected chi connectivity index (χ1v) is 7.07. The Morgan fingerprint density at radius 1 is 1.13 bits per heavy atom. The van der Waals surface area contributed by atoms with Gasteiger partial charge in [-0.1, -0.05) is 60.3 Å². The second-order valence-corrected chi connectivity index (χ2v) is 6.11. The van der Waals surface area contributed by atoms with Crippen LogP contribution in [-0.2, 0) is 0 Å². The molecule has 0 saturated heterocycles. The summed E-state index contributed by atoms with van der Waals surface area (Å²) in [7, 11) is 0. The van der Waals surface area contributed by atoms with Crippen LogP contribution in [0.5, 0.6) is 0 Å². The summed E-state index contributed by atoms with van der Waals surface area (Å²) in [6, 6.07) is 0. The Kier molecular flexibility index (Phi) is 5.15. The highest BCUT2D eigenvalue weighted by atomic mass is 14.4. The predicted molar refractivity (Wildman–Crippen MR) is 68.9 cm³/mol. The highest BCUT2D eigenvalue weighted by molar-refractivity contribution is 4.83. The molecule has 1 aliphatic rings. The quantitative estimate of drug-likeness (QED) is 0.603. The van der Waals surface area contributed by atoms with Crippen molar-refractivity contribution in [3.05, 3.63) is 0 Å². The molecule has 0 aromatic heterocycles. The third-order valence-corrected chi connectivity index (χ3v) is 4.92. The third kappa shape index (κ3) is 3.23. The van der Waals surface area contributed by atoms with E-state index < -0.39 is 0 Å². The van der Waals surface area contributed by atoms with Gasteiger partial charge in [-0.05, 0) is 36.0 Å². The molecule has 4 unspecified atom stereocenters. The van der Waals surface area contributed by atoms with Crippen LogP contribution in [-0.4, -0.2) is 0 Å². The van der Waals surface area contributed by atoms with E-state index in [9.17, 15) is 0 Å². The monoisotopic (exact) mass is 210 g/mol. The molecule has 0 aromatic carbocycles. The summed E-state index contributed by atoms with van der Waals surface area (Å²) in [6.07, 6.45) is 7.30. The van der Waals surface area contributed by atoms with Gasteiger partial charge in [-0.2, -0.15) is 0 Å². The van der Waals surface area contributed by atoms with Gasteiger partial charge < -0.3 is 0 Å². The van der Waals surface area contributed by atoms with E-state index in [1.54, 1.807) is 0 Å². The predicted octanol–water partition coefficient (Wildman–Crippen LogP) is 5.13. The summed E-state index contributed by atoms with van der Waals surface area (Å²) in [4.78, 5) is 0. The Labute approximate surface area is 96.8 Å². The summed E-state index contributed by atoms with van der Waals surface area (Å²) in [5.74, 6) is 4.76. The van der Waals surface area contributed by atoms with Crippen LogP contribution in [0.1, 0.15) is 66.7 Å². The van der Waals surface area contributed by atoms with Gasteiger partial charge in [0.05, 0.1) is 0 Å². The van der Waals surface area contributed by atoms with Crippen LogP contribution in [0.15, 0.2) is 0 Å². The SMILES string of the molecule is CCCC1CCCC(C(C)C(C)C)C1C. The first-order valence-electron chi connectivity index (χ1n) is 7.07. The van der Waals surface area contributed by atoms with Crippen LogP contribution in [0, 0.1) is 29.6 Å². The molecule has 0 bridgehead atoms. The van der Waals surface area contributed by atoms with Gasteiger partial charge >= 0.3 is 0 Å². The summed E-state index contributed by atoms with van der Waals surface area (Å²) in [6.45, 7) is 12.1. The number of hydrogen-bond donors (Lipinski definition) is 0. The fraction of sp³-hybridized carbons (Fsp3) is 1.00. The average molecular weight is 210 g/mol. The van der Waals surface area contributed by atoms with Gasteiger partial charge in [0.1, 0.15) is 0 Å². The van der Waals surface area contributed by atoms with Crippen molar-refractivity contribution < 1.29 is 0 Å². The molecule has 0 nitrogen and oxygen atoms in total. The highest BCUT2D eigenvalue weighted by Gasteiger charge is 2.33. The van der Waals surface area contributed by atoms with Crippen LogP contribution in [0.3, 0.4) is 0 Å². The number of hydrogen-bond acceptors (Lipinski definition) is 0. The molecule has 1 rings (SSSR count). The second kappa shape index (κ2) is 5.92. The Balaban J connectivity index is 2.57. The fourth-order valence-corrected chi connectivity index (χ4v) is 3.51. The summed E-state index contributed by atoms with van der Waals surface area (Å²) in [5, 5.41) is 0. The van der Waals surface area contributed by atoms with Crippen molar-refractivity contribution in [3.8, 4) is 0 Å². The van der Waals surface area contributed by atoms with Crippen LogP contribution in [0.2, 0.25) is 0 Å². The molecule has 1 aliphatic carbocycles. The number of rotatable bonds is 4. The van der Waals surface area contributed by atoms with Gasteiger partial charge in [0.15, 0.2) is 0 Å². The van der Waals surface area contributed by atoms with E-state index in [0.29, 0.717) is 0 Å². The fourth-order valence-electron chi connectivity index (χ4n) is 3.51. The Morgan fingerprint density at radius 2 is 1.80 bits per heavy atom. The molecule has 0 amide bonds. The van der Waals surface area contributed by atoms with E-state index in [1.807, 2.05) is 0 Å². The van der Waals surface area contributed by atoms with E-state index in [-0.39, 0.29) is 0 Å². The Bertz CT molecular complexity index is 169. The van der Waals surface area contributed by atoms with Gasteiger partial charge in [-0.15, -0.1) is 0 Å². The minimum Gasteiger partial charge on any atom is -0.0654 e. The zero-order valence-electron chi connectivity index (χ0n) is 11.4. The van der Waals surface area contributed by atoms with Crippen molar-refractivity contribution in [2.75, 3.05) is 0 Å². The van der Waals surface area contributed by atoms with Crippen molar-refractivity contribution in [1.29, 1.82) is 0 Å². The topological polar surface area (TPSA) is 0 Å². The van der Waals surface area contributed by atoms with E-state index >= 15 is 0 Å². The molecule has 0 radical (unpaired) electrons. The van der Waals surface area contributed by atoms with Crippen LogP contribution >= 0.6 is 0 Å². The van der Waals surface area contributed by atoms with Gasteiger partial charge in [0.2, 0.25) is 0 Å². The maximum Gasteiger partial charge on any atom is -0.0358 e. The van der Waals surface area contributed by atoms with Crippen molar-refractivity contribution in [3.63, 3.8) is 0 Å². The highest BCUT2D eigenvalue weighted by Crippen LogP contribution is 2.42. The van der Waals surface area contributed by atoms with E-state index in [2.05, 4.69) is 34.6 Å². The first kappa shape index (κ1) is 13.1. The largest absolute Gasteiger partial charge is 0.0654 e. The molecule has 0 heterocycles. The average Bonchev–Trinajstić information content (AvgIpc) is 2.20. The molecule has 0 N–H and O–H groups in total. The molecular formula is C15H30. The molecule has 1 fully saturated rings. The van der Waals surface area contributed by atoms with Gasteiger partial charge in [-0.3, -0.25) is 0 Å². The summed E-state index contributed by atoms with van der Waals surface area (Å²) in [5.41, 5.74) is 0. The zero-order valence-corrected chi connectivity index (χ0v) is 11.4. The minimum absolute atomic E-state index is 0.859. The minimum atomic E-state index is 0.859. The van der Waals surface area contributed by atoms with Crippen LogP contribution < -0.4 is 0 Å². The molecular weight excluding hydrogens is 180 g/mol. The summed E-state index contributed by atoms with van der Waals surface area (Å²) >= 11 is 0. The molecule has 90 valence electrons. The van der Waals surface area contributed by atoms with Crippen LogP contribution in [0.25, 0.3) is 0 Å². The molecule has 1 saturated carbocycles.